The SMILES string of the molecule is C=C(C)C(=O)Oc1ccc(C(=O)n2ccnc2)cc1. The van der Waals surface area contributed by atoms with Crippen molar-refractivity contribution in [2.45, 2.75) is 6.92 Å². The third kappa shape index (κ3) is 2.95. The summed E-state index contributed by atoms with van der Waals surface area (Å²) in [5, 5.41) is 0. The van der Waals surface area contributed by atoms with E-state index in [1.165, 1.54) is 17.1 Å². The second kappa shape index (κ2) is 5.30. The summed E-state index contributed by atoms with van der Waals surface area (Å²) in [5.74, 6) is -0.320. The molecule has 0 N–H and O–H groups in total. The average Bonchev–Trinajstić information content (AvgIpc) is 2.92. The highest BCUT2D eigenvalue weighted by atomic mass is 16.5. The molecule has 0 aliphatic rings. The Morgan fingerprint density at radius 3 is 2.47 bits per heavy atom. The Kier molecular flexibility index (Phi) is 3.56. The zero-order valence-corrected chi connectivity index (χ0v) is 10.4. The van der Waals surface area contributed by atoms with Crippen LogP contribution in [0.3, 0.4) is 0 Å². The highest BCUT2D eigenvalue weighted by Gasteiger charge is 2.09. The maximum Gasteiger partial charge on any atom is 0.338 e. The summed E-state index contributed by atoms with van der Waals surface area (Å²) < 4.78 is 6.40. The Hall–Kier alpha value is -2.69. The Morgan fingerprint density at radius 1 is 1.26 bits per heavy atom. The van der Waals surface area contributed by atoms with Gasteiger partial charge in [0, 0.05) is 23.5 Å². The lowest BCUT2D eigenvalue weighted by Gasteiger charge is -2.05. The van der Waals surface area contributed by atoms with Crippen molar-refractivity contribution in [3.8, 4) is 5.75 Å². The molecule has 2 rings (SSSR count). The van der Waals surface area contributed by atoms with Crippen molar-refractivity contribution in [3.05, 3.63) is 60.7 Å². The first-order chi connectivity index (χ1) is 9.08. The van der Waals surface area contributed by atoms with Crippen molar-refractivity contribution in [2.24, 2.45) is 0 Å². The number of ether oxygens (including phenoxy) is 1. The number of rotatable bonds is 3. The van der Waals surface area contributed by atoms with Crippen molar-refractivity contribution in [2.75, 3.05) is 0 Å². The van der Waals surface area contributed by atoms with Gasteiger partial charge in [0.05, 0.1) is 0 Å². The molecule has 0 fully saturated rings. The van der Waals surface area contributed by atoms with Crippen LogP contribution in [0.1, 0.15) is 17.3 Å². The highest BCUT2D eigenvalue weighted by Crippen LogP contribution is 2.14. The van der Waals surface area contributed by atoms with E-state index in [2.05, 4.69) is 11.6 Å². The molecule has 5 heteroatoms. The molecule has 1 heterocycles. The number of imidazole rings is 1. The van der Waals surface area contributed by atoms with E-state index in [1.807, 2.05) is 0 Å². The minimum Gasteiger partial charge on any atom is -0.423 e. The fourth-order valence-electron chi connectivity index (χ4n) is 1.39. The number of hydrogen-bond acceptors (Lipinski definition) is 4. The molecule has 2 aromatic rings. The van der Waals surface area contributed by atoms with Crippen molar-refractivity contribution in [3.63, 3.8) is 0 Å². The van der Waals surface area contributed by atoms with Crippen LogP contribution in [0.2, 0.25) is 0 Å². The molecule has 0 amide bonds. The van der Waals surface area contributed by atoms with Gasteiger partial charge in [-0.3, -0.25) is 9.36 Å². The van der Waals surface area contributed by atoms with Crippen molar-refractivity contribution in [1.82, 2.24) is 9.55 Å². The molecule has 0 aliphatic heterocycles. The topological polar surface area (TPSA) is 61.2 Å². The smallest absolute Gasteiger partial charge is 0.338 e. The quantitative estimate of drug-likeness (QED) is 0.479. The van der Waals surface area contributed by atoms with Gasteiger partial charge in [0.25, 0.3) is 5.91 Å². The van der Waals surface area contributed by atoms with Crippen molar-refractivity contribution in [1.29, 1.82) is 0 Å². The van der Waals surface area contributed by atoms with Crippen molar-refractivity contribution >= 4 is 11.9 Å². The Bertz CT molecular complexity index is 613. The number of hydrogen-bond donors (Lipinski definition) is 0. The van der Waals surface area contributed by atoms with Crippen LogP contribution in [0.15, 0.2) is 55.1 Å². The molecule has 0 saturated carbocycles. The predicted molar refractivity (Wildman–Crippen MR) is 68.8 cm³/mol. The molecule has 0 bridgehead atoms. The number of carbonyl (C=O) groups excluding carboxylic acids is 2. The van der Waals surface area contributed by atoms with E-state index in [9.17, 15) is 9.59 Å². The van der Waals surface area contributed by atoms with E-state index in [4.69, 9.17) is 4.74 Å². The number of esters is 1. The maximum atomic E-state index is 12.0. The first-order valence-electron chi connectivity index (χ1n) is 5.58. The number of aromatic nitrogens is 2. The number of nitrogens with zero attached hydrogens (tertiary/aromatic N) is 2. The molecule has 1 aromatic heterocycles. The Morgan fingerprint density at radius 2 is 1.95 bits per heavy atom. The van der Waals surface area contributed by atoms with E-state index in [0.717, 1.165) is 0 Å². The van der Waals surface area contributed by atoms with E-state index in [0.29, 0.717) is 16.9 Å². The van der Waals surface area contributed by atoms with E-state index in [1.54, 1.807) is 37.4 Å². The summed E-state index contributed by atoms with van der Waals surface area (Å²) in [4.78, 5) is 27.1. The monoisotopic (exact) mass is 256 g/mol. The zero-order valence-electron chi connectivity index (χ0n) is 10.4. The molecule has 1 aromatic carbocycles. The van der Waals surface area contributed by atoms with Gasteiger partial charge < -0.3 is 4.74 Å². The summed E-state index contributed by atoms with van der Waals surface area (Å²) in [6.07, 6.45) is 4.52. The number of benzene rings is 1. The van der Waals surface area contributed by atoms with Gasteiger partial charge in [-0.2, -0.15) is 0 Å². The van der Waals surface area contributed by atoms with Crippen LogP contribution in [0.25, 0.3) is 0 Å². The third-order valence-electron chi connectivity index (χ3n) is 2.40. The van der Waals surface area contributed by atoms with Gasteiger partial charge in [-0.25, -0.2) is 9.78 Å². The third-order valence-corrected chi connectivity index (χ3v) is 2.40. The minimum atomic E-state index is -0.492. The summed E-state index contributed by atoms with van der Waals surface area (Å²) in [5.41, 5.74) is 0.798. The molecule has 0 aliphatic carbocycles. The van der Waals surface area contributed by atoms with Crippen LogP contribution >= 0.6 is 0 Å². The van der Waals surface area contributed by atoms with Crippen LogP contribution in [-0.4, -0.2) is 21.4 Å². The van der Waals surface area contributed by atoms with Crippen molar-refractivity contribution < 1.29 is 14.3 Å². The second-order valence-corrected chi connectivity index (χ2v) is 3.97. The maximum absolute atomic E-state index is 12.0. The Labute approximate surface area is 110 Å². The molecular weight excluding hydrogens is 244 g/mol. The van der Waals surface area contributed by atoms with Crippen LogP contribution < -0.4 is 4.74 Å². The lowest BCUT2D eigenvalue weighted by molar-refractivity contribution is -0.130. The first-order valence-corrected chi connectivity index (χ1v) is 5.58. The van der Waals surface area contributed by atoms with Crippen LogP contribution in [0, 0.1) is 0 Å². The van der Waals surface area contributed by atoms with Gasteiger partial charge in [-0.1, -0.05) is 6.58 Å². The van der Waals surface area contributed by atoms with E-state index < -0.39 is 5.97 Å². The lowest BCUT2D eigenvalue weighted by atomic mass is 10.2. The molecular formula is C14H12N2O3. The average molecular weight is 256 g/mol. The minimum absolute atomic E-state index is 0.199. The van der Waals surface area contributed by atoms with Gasteiger partial charge in [-0.05, 0) is 31.2 Å². The normalized spacial score (nSPS) is 9.95. The highest BCUT2D eigenvalue weighted by molar-refractivity contribution is 5.96. The molecule has 96 valence electrons. The predicted octanol–water partition coefficient (Wildman–Crippen LogP) is 2.05. The summed E-state index contributed by atoms with van der Waals surface area (Å²) in [6, 6.07) is 6.29. The van der Waals surface area contributed by atoms with Crippen LogP contribution in [-0.2, 0) is 4.79 Å². The molecule has 0 spiro atoms. The van der Waals surface area contributed by atoms with Crippen LogP contribution in [0.4, 0.5) is 0 Å². The molecule has 5 nitrogen and oxygen atoms in total. The zero-order chi connectivity index (χ0) is 13.8. The summed E-state index contributed by atoms with van der Waals surface area (Å²) in [7, 11) is 0. The Balaban J connectivity index is 2.13. The van der Waals surface area contributed by atoms with E-state index >= 15 is 0 Å². The van der Waals surface area contributed by atoms with Gasteiger partial charge in [0.15, 0.2) is 0 Å². The summed E-state index contributed by atoms with van der Waals surface area (Å²) >= 11 is 0. The largest absolute Gasteiger partial charge is 0.423 e. The number of carbonyl (C=O) groups is 2. The lowest BCUT2D eigenvalue weighted by Crippen LogP contribution is -2.10. The van der Waals surface area contributed by atoms with Gasteiger partial charge >= 0.3 is 5.97 Å². The van der Waals surface area contributed by atoms with Crippen LogP contribution in [0.5, 0.6) is 5.75 Å². The summed E-state index contributed by atoms with van der Waals surface area (Å²) in [6.45, 7) is 5.06. The standard InChI is InChI=1S/C14H12N2O3/c1-10(2)14(18)19-12-5-3-11(4-6-12)13(17)16-8-7-15-9-16/h3-9H,1H2,2H3. The molecule has 19 heavy (non-hydrogen) atoms. The second-order valence-electron chi connectivity index (χ2n) is 3.97. The first kappa shape index (κ1) is 12.8. The molecule has 0 saturated heterocycles. The van der Waals surface area contributed by atoms with Gasteiger partial charge in [-0.15, -0.1) is 0 Å². The molecule has 0 unspecified atom stereocenters. The van der Waals surface area contributed by atoms with Gasteiger partial charge in [0.2, 0.25) is 0 Å². The molecule has 0 radical (unpaired) electrons. The molecule has 0 atom stereocenters. The fourth-order valence-corrected chi connectivity index (χ4v) is 1.39. The van der Waals surface area contributed by atoms with Gasteiger partial charge in [0.1, 0.15) is 12.1 Å². The fraction of sp³-hybridized carbons (Fsp3) is 0.0714. The van der Waals surface area contributed by atoms with E-state index in [-0.39, 0.29) is 5.91 Å².